The molecule has 202 valence electrons. The van der Waals surface area contributed by atoms with Gasteiger partial charge in [0, 0.05) is 27.9 Å². The molecule has 0 bridgehead atoms. The maximum absolute atomic E-state index is 12.6. The number of benzene rings is 3. The van der Waals surface area contributed by atoms with E-state index in [2.05, 4.69) is 20.7 Å². The zero-order valence-corrected chi connectivity index (χ0v) is 23.2. The number of carbonyl (C=O) groups excluding carboxylic acids is 1. The van der Waals surface area contributed by atoms with Crippen molar-refractivity contribution >= 4 is 35.5 Å². The van der Waals surface area contributed by atoms with E-state index in [0.29, 0.717) is 38.8 Å². The van der Waals surface area contributed by atoms with Crippen molar-refractivity contribution in [3.63, 3.8) is 0 Å². The highest BCUT2D eigenvalue weighted by Crippen LogP contribution is 2.34. The fraction of sp³-hybridized carbons (Fsp3) is 0.185. The Morgan fingerprint density at radius 1 is 0.923 bits per heavy atom. The predicted molar refractivity (Wildman–Crippen MR) is 151 cm³/mol. The number of rotatable bonds is 11. The van der Waals surface area contributed by atoms with Gasteiger partial charge in [-0.25, -0.2) is 5.43 Å². The van der Waals surface area contributed by atoms with E-state index in [0.717, 1.165) is 17.0 Å². The van der Waals surface area contributed by atoms with Crippen molar-refractivity contribution in [2.75, 3.05) is 34.2 Å². The lowest BCUT2D eigenvalue weighted by Crippen LogP contribution is -2.20. The summed E-state index contributed by atoms with van der Waals surface area (Å²) in [6.07, 6.45) is 1.47. The van der Waals surface area contributed by atoms with E-state index in [4.69, 9.17) is 30.5 Å². The third-order valence-electron chi connectivity index (χ3n) is 5.53. The van der Waals surface area contributed by atoms with E-state index >= 15 is 0 Å². The van der Waals surface area contributed by atoms with E-state index in [9.17, 15) is 4.79 Å². The van der Waals surface area contributed by atoms with Crippen molar-refractivity contribution < 1.29 is 23.7 Å². The molecule has 1 N–H and O–H groups in total. The van der Waals surface area contributed by atoms with Gasteiger partial charge in [0.2, 0.25) is 0 Å². The number of halogens is 1. The van der Waals surface area contributed by atoms with Gasteiger partial charge in [0.25, 0.3) is 5.91 Å². The monoisotopic (exact) mass is 567 g/mol. The number of hydrogen-bond acceptors (Lipinski definition) is 9. The van der Waals surface area contributed by atoms with Gasteiger partial charge in [-0.05, 0) is 54.6 Å². The van der Waals surface area contributed by atoms with Crippen LogP contribution in [0.5, 0.6) is 23.0 Å². The minimum absolute atomic E-state index is 0.0503. The molecule has 0 saturated carbocycles. The molecule has 0 unspecified atom stereocenters. The van der Waals surface area contributed by atoms with Gasteiger partial charge < -0.3 is 18.9 Å². The van der Waals surface area contributed by atoms with E-state index in [1.807, 2.05) is 41.0 Å². The molecule has 0 fully saturated rings. The van der Waals surface area contributed by atoms with E-state index in [1.54, 1.807) is 31.4 Å². The van der Waals surface area contributed by atoms with Gasteiger partial charge in [0.1, 0.15) is 11.5 Å². The molecule has 39 heavy (non-hydrogen) atoms. The zero-order chi connectivity index (χ0) is 27.8. The summed E-state index contributed by atoms with van der Waals surface area (Å²) >= 11 is 7.33. The number of aromatic nitrogens is 3. The number of hydrogen-bond donors (Lipinski definition) is 1. The van der Waals surface area contributed by atoms with Crippen molar-refractivity contribution in [3.05, 3.63) is 71.2 Å². The molecule has 1 amide bonds. The van der Waals surface area contributed by atoms with Crippen LogP contribution in [-0.4, -0.2) is 61.1 Å². The lowest BCUT2D eigenvalue weighted by Gasteiger charge is -2.12. The molecule has 4 rings (SSSR count). The van der Waals surface area contributed by atoms with Crippen molar-refractivity contribution in [2.24, 2.45) is 5.10 Å². The molecule has 0 atom stereocenters. The zero-order valence-electron chi connectivity index (χ0n) is 21.7. The van der Waals surface area contributed by atoms with Gasteiger partial charge in [-0.15, -0.1) is 10.2 Å². The summed E-state index contributed by atoms with van der Waals surface area (Å²) in [5.74, 6) is 2.61. The average molecular weight is 568 g/mol. The highest BCUT2D eigenvalue weighted by molar-refractivity contribution is 7.99. The molecular weight excluding hydrogens is 542 g/mol. The van der Waals surface area contributed by atoms with Gasteiger partial charge in [0.05, 0.1) is 40.4 Å². The van der Waals surface area contributed by atoms with Gasteiger partial charge in [-0.2, -0.15) is 5.10 Å². The number of amides is 1. The van der Waals surface area contributed by atoms with Crippen LogP contribution in [0.1, 0.15) is 5.56 Å². The molecule has 0 spiro atoms. The minimum atomic E-state index is -0.327. The largest absolute Gasteiger partial charge is 0.497 e. The lowest BCUT2D eigenvalue weighted by atomic mass is 10.2. The third-order valence-corrected chi connectivity index (χ3v) is 6.71. The van der Waals surface area contributed by atoms with Crippen LogP contribution in [-0.2, 0) is 4.79 Å². The number of nitrogens with one attached hydrogen (secondary N) is 1. The van der Waals surface area contributed by atoms with Crippen LogP contribution < -0.4 is 24.4 Å². The third kappa shape index (κ3) is 6.62. The molecular formula is C27H26ClN5O5S. The Labute approximate surface area is 234 Å². The van der Waals surface area contributed by atoms with Gasteiger partial charge in [0.15, 0.2) is 22.5 Å². The van der Waals surface area contributed by atoms with Crippen molar-refractivity contribution in [1.29, 1.82) is 0 Å². The molecule has 0 aliphatic heterocycles. The van der Waals surface area contributed by atoms with Gasteiger partial charge in [-0.1, -0.05) is 23.4 Å². The maximum atomic E-state index is 12.6. The van der Waals surface area contributed by atoms with E-state index in [-0.39, 0.29) is 11.7 Å². The first kappa shape index (κ1) is 27.8. The molecule has 1 heterocycles. The van der Waals surface area contributed by atoms with Crippen LogP contribution in [0.15, 0.2) is 70.9 Å². The number of thioether (sulfide) groups is 1. The Morgan fingerprint density at radius 2 is 1.59 bits per heavy atom. The normalized spacial score (nSPS) is 10.9. The predicted octanol–water partition coefficient (Wildman–Crippen LogP) is 4.86. The molecule has 3 aromatic carbocycles. The van der Waals surface area contributed by atoms with Crippen LogP contribution in [0.3, 0.4) is 0 Å². The van der Waals surface area contributed by atoms with Crippen LogP contribution in [0.4, 0.5) is 0 Å². The summed E-state index contributed by atoms with van der Waals surface area (Å²) in [5, 5.41) is 13.9. The minimum Gasteiger partial charge on any atom is -0.497 e. The fourth-order valence-electron chi connectivity index (χ4n) is 3.60. The summed E-state index contributed by atoms with van der Waals surface area (Å²) in [4.78, 5) is 12.6. The Balaban J connectivity index is 1.51. The van der Waals surface area contributed by atoms with Crippen LogP contribution in [0.25, 0.3) is 17.1 Å². The Morgan fingerprint density at radius 3 is 2.23 bits per heavy atom. The van der Waals surface area contributed by atoms with Gasteiger partial charge in [-0.3, -0.25) is 9.36 Å². The van der Waals surface area contributed by atoms with Crippen molar-refractivity contribution in [1.82, 2.24) is 20.2 Å². The molecule has 0 radical (unpaired) electrons. The fourth-order valence-corrected chi connectivity index (χ4v) is 4.47. The first-order chi connectivity index (χ1) is 19.0. The number of methoxy groups -OCH3 is 4. The number of carbonyl (C=O) groups is 1. The Kier molecular flexibility index (Phi) is 9.29. The molecule has 0 aliphatic rings. The smallest absolute Gasteiger partial charge is 0.250 e. The number of nitrogens with zero attached hydrogens (tertiary/aromatic N) is 4. The van der Waals surface area contributed by atoms with Gasteiger partial charge >= 0.3 is 0 Å². The van der Waals surface area contributed by atoms with E-state index in [1.165, 1.54) is 39.3 Å². The highest BCUT2D eigenvalue weighted by Gasteiger charge is 2.18. The first-order valence-corrected chi connectivity index (χ1v) is 12.9. The van der Waals surface area contributed by atoms with Crippen LogP contribution in [0, 0.1) is 0 Å². The summed E-state index contributed by atoms with van der Waals surface area (Å²) in [6.45, 7) is 0. The van der Waals surface area contributed by atoms with Crippen molar-refractivity contribution in [2.45, 2.75) is 5.16 Å². The lowest BCUT2D eigenvalue weighted by molar-refractivity contribution is -0.118. The average Bonchev–Trinajstić information content (AvgIpc) is 3.40. The molecule has 10 nitrogen and oxygen atoms in total. The summed E-state index contributed by atoms with van der Waals surface area (Å²) in [5.41, 5.74) is 4.77. The second-order valence-electron chi connectivity index (χ2n) is 7.88. The molecule has 1 aromatic heterocycles. The Hall–Kier alpha value is -4.22. The topological polar surface area (TPSA) is 109 Å². The second kappa shape index (κ2) is 13.0. The number of hydrazone groups is 1. The van der Waals surface area contributed by atoms with Crippen molar-refractivity contribution in [3.8, 4) is 40.1 Å². The second-order valence-corrected chi connectivity index (χ2v) is 9.26. The molecule has 0 saturated heterocycles. The molecule has 12 heteroatoms. The Bertz CT molecular complexity index is 1460. The number of ether oxygens (including phenoxy) is 4. The van der Waals surface area contributed by atoms with Crippen LogP contribution in [0.2, 0.25) is 5.02 Å². The summed E-state index contributed by atoms with van der Waals surface area (Å²) in [6, 6.07) is 18.2. The quantitative estimate of drug-likeness (QED) is 0.155. The SMILES string of the molecule is COc1ccc(-c2nnc(SCC(=O)N/N=C\c3cc(OC)c(OC)cc3OC)n2-c2ccc(Cl)cc2)cc1. The summed E-state index contributed by atoms with van der Waals surface area (Å²) in [7, 11) is 6.22. The van der Waals surface area contributed by atoms with E-state index < -0.39 is 0 Å². The highest BCUT2D eigenvalue weighted by atomic mass is 35.5. The summed E-state index contributed by atoms with van der Waals surface area (Å²) < 4.78 is 23.1. The standard InChI is InChI=1S/C27H26ClN5O5S/c1-35-21-11-5-17(6-12-21)26-31-32-27(33(26)20-9-7-19(28)8-10-20)39-16-25(34)30-29-15-18-13-23(37-3)24(38-4)14-22(18)36-2/h5-15H,16H2,1-4H3,(H,30,34)/b29-15-. The maximum Gasteiger partial charge on any atom is 0.250 e. The molecule has 0 aliphatic carbocycles. The van der Waals surface area contributed by atoms with Crippen LogP contribution >= 0.6 is 23.4 Å². The first-order valence-electron chi connectivity index (χ1n) is 11.6. The molecule has 4 aromatic rings.